The number of rotatable bonds is 9. The summed E-state index contributed by atoms with van der Waals surface area (Å²) in [4.78, 5) is 12.5. The first-order chi connectivity index (χ1) is 13.0. The van der Waals surface area contributed by atoms with Gasteiger partial charge in [-0.2, -0.15) is 0 Å². The SMILES string of the molecule is COc1cccc(OC)c1CCCCC[P+]([O-])=Cc1c(C)cc(C)cc1C. The van der Waals surface area contributed by atoms with Crippen LogP contribution < -0.4 is 14.4 Å². The van der Waals surface area contributed by atoms with E-state index in [9.17, 15) is 4.89 Å². The van der Waals surface area contributed by atoms with Crippen molar-refractivity contribution in [1.82, 2.24) is 0 Å². The Morgan fingerprint density at radius 1 is 0.926 bits per heavy atom. The van der Waals surface area contributed by atoms with E-state index in [2.05, 4.69) is 32.9 Å². The van der Waals surface area contributed by atoms with Gasteiger partial charge in [-0.3, -0.25) is 0 Å². The first-order valence-corrected chi connectivity index (χ1v) is 11.0. The number of methoxy groups -OCH3 is 2. The molecule has 0 amide bonds. The topological polar surface area (TPSA) is 41.5 Å². The molecule has 2 aromatic carbocycles. The van der Waals surface area contributed by atoms with E-state index in [0.29, 0.717) is 0 Å². The van der Waals surface area contributed by atoms with Crippen molar-refractivity contribution in [3.8, 4) is 11.5 Å². The molecule has 146 valence electrons. The highest BCUT2D eigenvalue weighted by molar-refractivity contribution is 7.50. The van der Waals surface area contributed by atoms with Crippen LogP contribution in [-0.2, 0) is 6.42 Å². The molecule has 0 heterocycles. The van der Waals surface area contributed by atoms with Gasteiger partial charge < -0.3 is 14.4 Å². The molecule has 27 heavy (non-hydrogen) atoms. The molecule has 0 aliphatic heterocycles. The summed E-state index contributed by atoms with van der Waals surface area (Å²) < 4.78 is 10.9. The summed E-state index contributed by atoms with van der Waals surface area (Å²) in [6.45, 7) is 6.28. The third-order valence-electron chi connectivity index (χ3n) is 4.85. The van der Waals surface area contributed by atoms with Gasteiger partial charge in [-0.05, 0) is 69.7 Å². The molecule has 0 aliphatic rings. The van der Waals surface area contributed by atoms with Crippen LogP contribution >= 0.6 is 7.77 Å². The fourth-order valence-electron chi connectivity index (χ4n) is 3.52. The van der Waals surface area contributed by atoms with Gasteiger partial charge >= 0.3 is 0 Å². The minimum absolute atomic E-state index is 0.741. The van der Waals surface area contributed by atoms with Crippen LogP contribution in [0, 0.1) is 20.8 Å². The number of unbranched alkanes of at least 4 members (excludes halogenated alkanes) is 2. The summed E-state index contributed by atoms with van der Waals surface area (Å²) in [6, 6.07) is 10.2. The predicted molar refractivity (Wildman–Crippen MR) is 115 cm³/mol. The molecule has 1 atom stereocenters. The summed E-state index contributed by atoms with van der Waals surface area (Å²) in [7, 11) is 2.06. The minimum Gasteiger partial charge on any atom is -0.630 e. The molecule has 0 saturated heterocycles. The molecule has 1 unspecified atom stereocenters. The molecule has 0 radical (unpaired) electrons. The van der Waals surface area contributed by atoms with Crippen molar-refractivity contribution < 1.29 is 14.4 Å². The van der Waals surface area contributed by atoms with E-state index < -0.39 is 7.77 Å². The lowest BCUT2D eigenvalue weighted by Crippen LogP contribution is -2.00. The third-order valence-corrected chi connectivity index (χ3v) is 6.15. The van der Waals surface area contributed by atoms with Crippen LogP contribution in [0.15, 0.2) is 30.3 Å². The second-order valence-electron chi connectivity index (χ2n) is 7.03. The van der Waals surface area contributed by atoms with Crippen LogP contribution in [0.2, 0.25) is 0 Å². The quantitative estimate of drug-likeness (QED) is 0.452. The molecule has 4 heteroatoms. The van der Waals surface area contributed by atoms with Crippen LogP contribution in [0.5, 0.6) is 11.5 Å². The molecular weight excluding hydrogens is 355 g/mol. The van der Waals surface area contributed by atoms with Crippen molar-refractivity contribution in [3.05, 3.63) is 58.1 Å². The summed E-state index contributed by atoms with van der Waals surface area (Å²) in [6.07, 6.45) is 4.69. The van der Waals surface area contributed by atoms with Crippen molar-refractivity contribution in [2.75, 3.05) is 20.4 Å². The van der Waals surface area contributed by atoms with E-state index in [-0.39, 0.29) is 0 Å². The zero-order chi connectivity index (χ0) is 19.8. The second kappa shape index (κ2) is 10.5. The van der Waals surface area contributed by atoms with Gasteiger partial charge in [0.1, 0.15) is 23.5 Å². The second-order valence-corrected chi connectivity index (χ2v) is 8.57. The average Bonchev–Trinajstić information content (AvgIpc) is 2.64. The Labute approximate surface area is 164 Å². The zero-order valence-electron chi connectivity index (χ0n) is 17.2. The Morgan fingerprint density at radius 3 is 2.07 bits per heavy atom. The molecule has 0 N–H and O–H groups in total. The molecule has 0 bridgehead atoms. The average molecular weight is 386 g/mol. The van der Waals surface area contributed by atoms with Gasteiger partial charge in [0.25, 0.3) is 0 Å². The van der Waals surface area contributed by atoms with E-state index in [1.807, 2.05) is 24.0 Å². The first kappa shape index (κ1) is 21.5. The van der Waals surface area contributed by atoms with Crippen molar-refractivity contribution in [1.29, 1.82) is 0 Å². The van der Waals surface area contributed by atoms with Crippen LogP contribution in [0.3, 0.4) is 0 Å². The van der Waals surface area contributed by atoms with Crippen molar-refractivity contribution in [2.45, 2.75) is 46.5 Å². The molecule has 0 aliphatic carbocycles. The Morgan fingerprint density at radius 2 is 1.52 bits per heavy atom. The summed E-state index contributed by atoms with van der Waals surface area (Å²) >= 11 is 0. The molecule has 0 fully saturated rings. The van der Waals surface area contributed by atoms with Gasteiger partial charge in [0.05, 0.1) is 22.0 Å². The van der Waals surface area contributed by atoms with Crippen LogP contribution in [0.4, 0.5) is 0 Å². The van der Waals surface area contributed by atoms with Crippen molar-refractivity contribution in [2.24, 2.45) is 0 Å². The molecule has 3 nitrogen and oxygen atoms in total. The zero-order valence-corrected chi connectivity index (χ0v) is 18.1. The Bertz CT molecular complexity index is 751. The smallest absolute Gasteiger partial charge is 0.125 e. The van der Waals surface area contributed by atoms with Gasteiger partial charge in [0.2, 0.25) is 0 Å². The molecule has 0 spiro atoms. The van der Waals surface area contributed by atoms with Gasteiger partial charge in [0, 0.05) is 11.1 Å². The third kappa shape index (κ3) is 6.09. The Hall–Kier alpha value is -1.83. The van der Waals surface area contributed by atoms with Gasteiger partial charge in [0.15, 0.2) is 0 Å². The summed E-state index contributed by atoms with van der Waals surface area (Å²) in [5.41, 5.74) is 5.92. The lowest BCUT2D eigenvalue weighted by atomic mass is 10.0. The summed E-state index contributed by atoms with van der Waals surface area (Å²) in [5.74, 6) is 3.71. The standard InChI is InChI=1S/C23H31O3P/c1-17-14-18(2)21(19(3)15-17)16-27(24)13-8-6-7-10-20-22(25-4)11-9-12-23(20)26-5/h9,11-12,14-16H,6-8,10,13H2,1-5H3. The number of hydrogen-bond acceptors (Lipinski definition) is 3. The van der Waals surface area contributed by atoms with Gasteiger partial charge in [-0.1, -0.05) is 23.8 Å². The molecule has 2 rings (SSSR count). The van der Waals surface area contributed by atoms with Crippen LogP contribution in [-0.4, -0.2) is 26.2 Å². The maximum absolute atomic E-state index is 12.5. The lowest BCUT2D eigenvalue weighted by molar-refractivity contribution is -0.152. The molecule has 0 aromatic heterocycles. The molecule has 0 saturated carbocycles. The van der Waals surface area contributed by atoms with Crippen molar-refractivity contribution >= 4 is 13.6 Å². The minimum atomic E-state index is -1.31. The lowest BCUT2D eigenvalue weighted by Gasteiger charge is -2.12. The van der Waals surface area contributed by atoms with Gasteiger partial charge in [-0.15, -0.1) is 0 Å². The fourth-order valence-corrected chi connectivity index (χ4v) is 4.88. The fraction of sp³-hybridized carbons (Fsp3) is 0.435. The van der Waals surface area contributed by atoms with Crippen LogP contribution in [0.25, 0.3) is 0 Å². The number of ether oxygens (including phenoxy) is 2. The van der Waals surface area contributed by atoms with E-state index in [4.69, 9.17) is 9.47 Å². The Kier molecular flexibility index (Phi) is 8.34. The van der Waals surface area contributed by atoms with E-state index in [1.54, 1.807) is 14.2 Å². The largest absolute Gasteiger partial charge is 0.630 e. The number of hydrogen-bond donors (Lipinski definition) is 0. The molecule has 2 aromatic rings. The highest BCUT2D eigenvalue weighted by atomic mass is 31.1. The number of aryl methyl sites for hydroxylation is 3. The normalized spacial score (nSPS) is 11.6. The first-order valence-electron chi connectivity index (χ1n) is 9.52. The van der Waals surface area contributed by atoms with Gasteiger partial charge in [-0.25, -0.2) is 0 Å². The highest BCUT2D eigenvalue weighted by Gasteiger charge is 2.10. The predicted octanol–water partition coefficient (Wildman–Crippen LogP) is 4.95. The van der Waals surface area contributed by atoms with E-state index in [1.165, 1.54) is 16.7 Å². The monoisotopic (exact) mass is 386 g/mol. The maximum atomic E-state index is 12.5. The van der Waals surface area contributed by atoms with Crippen LogP contribution in [0.1, 0.15) is 47.1 Å². The van der Waals surface area contributed by atoms with E-state index in [0.717, 1.165) is 54.5 Å². The maximum Gasteiger partial charge on any atom is 0.125 e. The number of benzene rings is 2. The van der Waals surface area contributed by atoms with E-state index >= 15 is 0 Å². The molecular formula is C23H31O3P. The van der Waals surface area contributed by atoms with Crippen molar-refractivity contribution in [3.63, 3.8) is 0 Å². The Balaban J connectivity index is 1.87. The summed E-state index contributed by atoms with van der Waals surface area (Å²) in [5, 5.41) is 0. The highest BCUT2D eigenvalue weighted by Crippen LogP contribution is 2.30.